The lowest BCUT2D eigenvalue weighted by Crippen LogP contribution is -2.31. The molecule has 0 saturated carbocycles. The molecule has 1 saturated heterocycles. The minimum atomic E-state index is -0.898. The zero-order valence-electron chi connectivity index (χ0n) is 12.0. The number of carboxylic acids is 1. The summed E-state index contributed by atoms with van der Waals surface area (Å²) in [6, 6.07) is 5.58. The molecule has 1 atom stereocenters. The molecular weight excluding hydrogens is 290 g/mol. The number of carbonyl (C=O) groups is 3. The summed E-state index contributed by atoms with van der Waals surface area (Å²) < 4.78 is 0. The first-order valence-corrected chi connectivity index (χ1v) is 7.72. The van der Waals surface area contributed by atoms with Gasteiger partial charge in [-0.1, -0.05) is 17.7 Å². The van der Waals surface area contributed by atoms with Crippen LogP contribution in [0.1, 0.15) is 24.0 Å². The number of carboxylic acid groups (broad SMARTS) is 1. The highest BCUT2D eigenvalue weighted by atomic mass is 32.2. The van der Waals surface area contributed by atoms with Gasteiger partial charge in [-0.3, -0.25) is 14.4 Å². The summed E-state index contributed by atoms with van der Waals surface area (Å²) in [5, 5.41) is 8.15. The smallest absolute Gasteiger partial charge is 0.304 e. The van der Waals surface area contributed by atoms with Crippen LogP contribution in [0.5, 0.6) is 0 Å². The van der Waals surface area contributed by atoms with Gasteiger partial charge in [-0.05, 0) is 25.5 Å². The van der Waals surface area contributed by atoms with Crippen molar-refractivity contribution < 1.29 is 19.5 Å². The van der Waals surface area contributed by atoms with Crippen LogP contribution in [0.2, 0.25) is 0 Å². The Bertz CT molecular complexity index is 599. The van der Waals surface area contributed by atoms with E-state index >= 15 is 0 Å². The highest BCUT2D eigenvalue weighted by molar-refractivity contribution is 8.00. The van der Waals surface area contributed by atoms with E-state index < -0.39 is 11.2 Å². The molecule has 0 spiro atoms. The number of hydrogen-bond acceptors (Lipinski definition) is 4. The van der Waals surface area contributed by atoms with Crippen molar-refractivity contribution in [2.45, 2.75) is 31.9 Å². The van der Waals surface area contributed by atoms with Crippen LogP contribution < -0.4 is 4.90 Å². The molecule has 5 nitrogen and oxygen atoms in total. The van der Waals surface area contributed by atoms with Gasteiger partial charge in [0, 0.05) is 12.2 Å². The fraction of sp³-hybridized carbons (Fsp3) is 0.400. The maximum atomic E-state index is 12.4. The van der Waals surface area contributed by atoms with Gasteiger partial charge in [0.2, 0.25) is 11.8 Å². The fourth-order valence-corrected chi connectivity index (χ4v) is 3.42. The quantitative estimate of drug-likeness (QED) is 0.844. The number of benzene rings is 1. The molecule has 112 valence electrons. The molecule has 1 aromatic rings. The third-order valence-electron chi connectivity index (χ3n) is 3.33. The maximum absolute atomic E-state index is 12.4. The van der Waals surface area contributed by atoms with Gasteiger partial charge < -0.3 is 5.11 Å². The molecule has 1 fully saturated rings. The summed E-state index contributed by atoms with van der Waals surface area (Å²) in [4.78, 5) is 36.2. The molecule has 1 N–H and O–H groups in total. The molecule has 21 heavy (non-hydrogen) atoms. The van der Waals surface area contributed by atoms with Gasteiger partial charge in [-0.25, -0.2) is 4.90 Å². The second-order valence-electron chi connectivity index (χ2n) is 5.06. The molecule has 0 aliphatic carbocycles. The number of amides is 2. The molecule has 6 heteroatoms. The van der Waals surface area contributed by atoms with Crippen molar-refractivity contribution in [2.24, 2.45) is 0 Å². The lowest BCUT2D eigenvalue weighted by molar-refractivity contribution is -0.136. The SMILES string of the molecule is Cc1ccc(N2C(=O)CC(SCCC(=O)O)C2=O)c(C)c1. The normalized spacial score (nSPS) is 18.4. The van der Waals surface area contributed by atoms with Gasteiger partial charge in [-0.2, -0.15) is 0 Å². The van der Waals surface area contributed by atoms with E-state index in [1.807, 2.05) is 26.0 Å². The summed E-state index contributed by atoms with van der Waals surface area (Å²) in [7, 11) is 0. The second-order valence-corrected chi connectivity index (χ2v) is 6.38. The summed E-state index contributed by atoms with van der Waals surface area (Å²) in [6.45, 7) is 3.82. The predicted octanol–water partition coefficient (Wildman–Crippen LogP) is 2.14. The number of thioether (sulfide) groups is 1. The van der Waals surface area contributed by atoms with Crippen LogP contribution in [-0.2, 0) is 14.4 Å². The van der Waals surface area contributed by atoms with Crippen molar-refractivity contribution in [1.29, 1.82) is 0 Å². The summed E-state index contributed by atoms with van der Waals surface area (Å²) in [5.74, 6) is -1.03. The van der Waals surface area contributed by atoms with E-state index in [4.69, 9.17) is 5.11 Å². The molecule has 1 aliphatic rings. The van der Waals surface area contributed by atoms with Crippen LogP contribution >= 0.6 is 11.8 Å². The van der Waals surface area contributed by atoms with Crippen LogP contribution in [0.3, 0.4) is 0 Å². The number of anilines is 1. The zero-order valence-corrected chi connectivity index (χ0v) is 12.8. The first kappa shape index (κ1) is 15.6. The molecule has 2 rings (SSSR count). The lowest BCUT2D eigenvalue weighted by atomic mass is 10.1. The van der Waals surface area contributed by atoms with Gasteiger partial charge in [0.15, 0.2) is 0 Å². The summed E-state index contributed by atoms with van der Waals surface area (Å²) in [5.41, 5.74) is 2.58. The molecular formula is C15H17NO4S. The highest BCUT2D eigenvalue weighted by Crippen LogP contribution is 2.32. The van der Waals surface area contributed by atoms with Crippen LogP contribution in [0, 0.1) is 13.8 Å². The van der Waals surface area contributed by atoms with E-state index in [2.05, 4.69) is 0 Å². The van der Waals surface area contributed by atoms with Crippen molar-refractivity contribution in [3.05, 3.63) is 29.3 Å². The predicted molar refractivity (Wildman–Crippen MR) is 81.5 cm³/mol. The maximum Gasteiger partial charge on any atom is 0.304 e. The summed E-state index contributed by atoms with van der Waals surface area (Å²) in [6.07, 6.45) is 0.128. The fourth-order valence-electron chi connectivity index (χ4n) is 2.33. The Morgan fingerprint density at radius 3 is 2.71 bits per heavy atom. The Hall–Kier alpha value is -1.82. The third-order valence-corrected chi connectivity index (χ3v) is 4.54. The third kappa shape index (κ3) is 3.44. The molecule has 2 amide bonds. The lowest BCUT2D eigenvalue weighted by Gasteiger charge is -2.17. The Morgan fingerprint density at radius 2 is 2.10 bits per heavy atom. The minimum Gasteiger partial charge on any atom is -0.481 e. The van der Waals surface area contributed by atoms with Gasteiger partial charge >= 0.3 is 5.97 Å². The number of imide groups is 1. The van der Waals surface area contributed by atoms with E-state index in [0.717, 1.165) is 11.1 Å². The summed E-state index contributed by atoms with van der Waals surface area (Å²) >= 11 is 1.24. The largest absolute Gasteiger partial charge is 0.481 e. The van der Waals surface area contributed by atoms with E-state index in [0.29, 0.717) is 11.4 Å². The molecule has 0 aromatic heterocycles. The van der Waals surface area contributed by atoms with Crippen molar-refractivity contribution in [3.63, 3.8) is 0 Å². The van der Waals surface area contributed by atoms with Crippen LogP contribution in [0.25, 0.3) is 0 Å². The monoisotopic (exact) mass is 307 g/mol. The van der Waals surface area contributed by atoms with E-state index in [9.17, 15) is 14.4 Å². The van der Waals surface area contributed by atoms with Crippen LogP contribution in [-0.4, -0.2) is 33.9 Å². The molecule has 1 heterocycles. The van der Waals surface area contributed by atoms with Crippen LogP contribution in [0.4, 0.5) is 5.69 Å². The average Bonchev–Trinajstić information content (AvgIpc) is 2.65. The van der Waals surface area contributed by atoms with Gasteiger partial charge in [0.1, 0.15) is 0 Å². The number of aryl methyl sites for hydroxylation is 2. The van der Waals surface area contributed by atoms with E-state index in [1.165, 1.54) is 16.7 Å². The second kappa shape index (κ2) is 6.30. The number of carbonyl (C=O) groups excluding carboxylic acids is 2. The van der Waals surface area contributed by atoms with Crippen molar-refractivity contribution in [3.8, 4) is 0 Å². The van der Waals surface area contributed by atoms with Crippen molar-refractivity contribution in [2.75, 3.05) is 10.7 Å². The molecule has 1 aliphatic heterocycles. The Labute approximate surface area is 127 Å². The Morgan fingerprint density at radius 1 is 1.38 bits per heavy atom. The number of aliphatic carboxylic acids is 1. The topological polar surface area (TPSA) is 74.7 Å². The van der Waals surface area contributed by atoms with Crippen molar-refractivity contribution >= 4 is 35.2 Å². The zero-order chi connectivity index (χ0) is 15.6. The molecule has 0 radical (unpaired) electrons. The number of hydrogen-bond donors (Lipinski definition) is 1. The standard InChI is InChI=1S/C15H17NO4S/c1-9-3-4-11(10(2)7-9)16-13(17)8-12(15(16)20)21-6-5-14(18)19/h3-4,7,12H,5-6,8H2,1-2H3,(H,18,19). The van der Waals surface area contributed by atoms with Gasteiger partial charge in [0.25, 0.3) is 0 Å². The molecule has 0 bridgehead atoms. The van der Waals surface area contributed by atoms with Crippen LogP contribution in [0.15, 0.2) is 18.2 Å². The minimum absolute atomic E-state index is 0.00774. The highest BCUT2D eigenvalue weighted by Gasteiger charge is 2.40. The van der Waals surface area contributed by atoms with Gasteiger partial charge in [-0.15, -0.1) is 11.8 Å². The Balaban J connectivity index is 2.13. The molecule has 1 unspecified atom stereocenters. The first-order chi connectivity index (χ1) is 9.90. The van der Waals surface area contributed by atoms with E-state index in [-0.39, 0.29) is 24.7 Å². The first-order valence-electron chi connectivity index (χ1n) is 6.67. The number of nitrogens with zero attached hydrogens (tertiary/aromatic N) is 1. The Kier molecular flexibility index (Phi) is 4.67. The van der Waals surface area contributed by atoms with Crippen molar-refractivity contribution in [1.82, 2.24) is 0 Å². The molecule has 1 aromatic carbocycles. The van der Waals surface area contributed by atoms with E-state index in [1.54, 1.807) is 6.07 Å². The van der Waals surface area contributed by atoms with Gasteiger partial charge in [0.05, 0.1) is 17.4 Å². The average molecular weight is 307 g/mol. The number of rotatable bonds is 5.